The zero-order valence-corrected chi connectivity index (χ0v) is 9.38. The zero-order chi connectivity index (χ0) is 12.2. The van der Waals surface area contributed by atoms with E-state index in [0.717, 1.165) is 0 Å². The smallest absolute Gasteiger partial charge is 0.302 e. The third-order valence-electron chi connectivity index (χ3n) is 2.19. The summed E-state index contributed by atoms with van der Waals surface area (Å²) in [7, 11) is 0. The van der Waals surface area contributed by atoms with Crippen LogP contribution in [0.4, 0.5) is 13.2 Å². The Morgan fingerprint density at radius 3 is 2.12 bits per heavy atom. The molecule has 0 aliphatic rings. The summed E-state index contributed by atoms with van der Waals surface area (Å²) in [6.07, 6.45) is -4.25. The van der Waals surface area contributed by atoms with Crippen molar-refractivity contribution in [1.29, 1.82) is 0 Å². The standard InChI is InChI=1S/C12H16F3N/c1-9(2)8-16-11(12(13,14)15)10-6-4-3-5-7-10/h3-7,9,11,16H,8H2,1-2H3/t11-/m0/s1. The molecule has 0 aliphatic heterocycles. The van der Waals surface area contributed by atoms with E-state index < -0.39 is 12.2 Å². The molecule has 1 N–H and O–H groups in total. The fourth-order valence-electron chi connectivity index (χ4n) is 1.42. The molecule has 0 amide bonds. The maximum absolute atomic E-state index is 12.8. The van der Waals surface area contributed by atoms with E-state index in [0.29, 0.717) is 6.54 Å². The lowest BCUT2D eigenvalue weighted by Gasteiger charge is -2.23. The summed E-state index contributed by atoms with van der Waals surface area (Å²) >= 11 is 0. The fourth-order valence-corrected chi connectivity index (χ4v) is 1.42. The number of hydrogen-bond donors (Lipinski definition) is 1. The molecule has 1 rings (SSSR count). The Labute approximate surface area is 93.7 Å². The van der Waals surface area contributed by atoms with E-state index in [1.807, 2.05) is 13.8 Å². The van der Waals surface area contributed by atoms with E-state index in [4.69, 9.17) is 0 Å². The Balaban J connectivity index is 2.81. The van der Waals surface area contributed by atoms with Crippen LogP contribution in [0.1, 0.15) is 25.5 Å². The molecule has 0 saturated heterocycles. The lowest BCUT2D eigenvalue weighted by molar-refractivity contribution is -0.158. The van der Waals surface area contributed by atoms with Gasteiger partial charge in [-0.25, -0.2) is 0 Å². The highest BCUT2D eigenvalue weighted by atomic mass is 19.4. The minimum absolute atomic E-state index is 0.188. The molecule has 0 bridgehead atoms. The topological polar surface area (TPSA) is 12.0 Å². The minimum atomic E-state index is -4.25. The molecule has 4 heteroatoms. The van der Waals surface area contributed by atoms with E-state index in [9.17, 15) is 13.2 Å². The molecule has 0 aromatic heterocycles. The van der Waals surface area contributed by atoms with Gasteiger partial charge in [0.1, 0.15) is 6.04 Å². The monoisotopic (exact) mass is 231 g/mol. The molecule has 0 spiro atoms. The second kappa shape index (κ2) is 5.34. The zero-order valence-electron chi connectivity index (χ0n) is 9.38. The predicted molar refractivity (Wildman–Crippen MR) is 58.1 cm³/mol. The Morgan fingerprint density at radius 2 is 1.69 bits per heavy atom. The van der Waals surface area contributed by atoms with Crippen LogP contribution in [0.2, 0.25) is 0 Å². The van der Waals surface area contributed by atoms with E-state index in [-0.39, 0.29) is 11.5 Å². The van der Waals surface area contributed by atoms with Crippen LogP contribution in [0.25, 0.3) is 0 Å². The molecule has 0 radical (unpaired) electrons. The summed E-state index contributed by atoms with van der Waals surface area (Å²) in [5, 5.41) is 2.55. The van der Waals surface area contributed by atoms with Crippen molar-refractivity contribution in [1.82, 2.24) is 5.32 Å². The maximum atomic E-state index is 12.8. The largest absolute Gasteiger partial charge is 0.407 e. The Hall–Kier alpha value is -1.03. The summed E-state index contributed by atoms with van der Waals surface area (Å²) in [6.45, 7) is 4.11. The minimum Gasteiger partial charge on any atom is -0.302 e. The summed E-state index contributed by atoms with van der Waals surface area (Å²) in [4.78, 5) is 0. The van der Waals surface area contributed by atoms with Crippen LogP contribution < -0.4 is 5.32 Å². The quantitative estimate of drug-likeness (QED) is 0.835. The van der Waals surface area contributed by atoms with Crippen molar-refractivity contribution in [3.05, 3.63) is 35.9 Å². The van der Waals surface area contributed by atoms with Crippen molar-refractivity contribution < 1.29 is 13.2 Å². The lowest BCUT2D eigenvalue weighted by atomic mass is 10.1. The highest BCUT2D eigenvalue weighted by molar-refractivity contribution is 5.20. The molecule has 1 nitrogen and oxygen atoms in total. The summed E-state index contributed by atoms with van der Waals surface area (Å²) in [5.74, 6) is 0.188. The second-order valence-electron chi connectivity index (χ2n) is 4.19. The number of nitrogens with one attached hydrogen (secondary N) is 1. The molecule has 16 heavy (non-hydrogen) atoms. The molecule has 0 saturated carbocycles. The molecule has 0 unspecified atom stereocenters. The van der Waals surface area contributed by atoms with Crippen LogP contribution in [0.3, 0.4) is 0 Å². The van der Waals surface area contributed by atoms with E-state index in [1.54, 1.807) is 18.2 Å². The number of hydrogen-bond acceptors (Lipinski definition) is 1. The van der Waals surface area contributed by atoms with Crippen LogP contribution in [0, 0.1) is 5.92 Å². The van der Waals surface area contributed by atoms with Gasteiger partial charge in [-0.3, -0.25) is 0 Å². The molecule has 0 aliphatic carbocycles. The van der Waals surface area contributed by atoms with Crippen LogP contribution in [0.5, 0.6) is 0 Å². The highest BCUT2D eigenvalue weighted by Gasteiger charge is 2.40. The van der Waals surface area contributed by atoms with Gasteiger partial charge in [-0.2, -0.15) is 13.2 Å². The van der Waals surface area contributed by atoms with Crippen molar-refractivity contribution >= 4 is 0 Å². The van der Waals surface area contributed by atoms with Gasteiger partial charge in [0.15, 0.2) is 0 Å². The Bertz CT molecular complexity index is 306. The molecular formula is C12H16F3N. The highest BCUT2D eigenvalue weighted by Crippen LogP contribution is 2.32. The third-order valence-corrected chi connectivity index (χ3v) is 2.19. The molecular weight excluding hydrogens is 215 g/mol. The Kier molecular flexibility index (Phi) is 4.35. The maximum Gasteiger partial charge on any atom is 0.407 e. The first-order chi connectivity index (χ1) is 7.41. The van der Waals surface area contributed by atoms with Gasteiger partial charge in [0.2, 0.25) is 0 Å². The van der Waals surface area contributed by atoms with Crippen molar-refractivity contribution in [3.8, 4) is 0 Å². The third kappa shape index (κ3) is 3.85. The number of halogens is 3. The molecule has 0 heterocycles. The first-order valence-corrected chi connectivity index (χ1v) is 5.26. The second-order valence-corrected chi connectivity index (χ2v) is 4.19. The summed E-state index contributed by atoms with van der Waals surface area (Å²) in [6, 6.07) is 6.35. The number of benzene rings is 1. The van der Waals surface area contributed by atoms with Crippen molar-refractivity contribution in [2.45, 2.75) is 26.1 Å². The van der Waals surface area contributed by atoms with Gasteiger partial charge in [0.25, 0.3) is 0 Å². The van der Waals surface area contributed by atoms with E-state index >= 15 is 0 Å². The van der Waals surface area contributed by atoms with Crippen molar-refractivity contribution in [2.75, 3.05) is 6.54 Å². The van der Waals surface area contributed by atoms with Crippen LogP contribution in [-0.2, 0) is 0 Å². The molecule has 90 valence electrons. The van der Waals surface area contributed by atoms with Crippen LogP contribution in [-0.4, -0.2) is 12.7 Å². The fraction of sp³-hybridized carbons (Fsp3) is 0.500. The number of alkyl halides is 3. The van der Waals surface area contributed by atoms with Gasteiger partial charge in [-0.1, -0.05) is 44.2 Å². The Morgan fingerprint density at radius 1 is 1.12 bits per heavy atom. The van der Waals surface area contributed by atoms with E-state index in [2.05, 4.69) is 5.32 Å². The SMILES string of the molecule is CC(C)CN[C@@H](c1ccccc1)C(F)(F)F. The first kappa shape index (κ1) is 13.0. The van der Waals surface area contributed by atoms with Crippen molar-refractivity contribution in [2.24, 2.45) is 5.92 Å². The molecule has 1 atom stereocenters. The summed E-state index contributed by atoms with van der Waals surface area (Å²) < 4.78 is 38.4. The lowest BCUT2D eigenvalue weighted by Crippen LogP contribution is -2.36. The van der Waals surface area contributed by atoms with Gasteiger partial charge >= 0.3 is 6.18 Å². The average Bonchev–Trinajstić information content (AvgIpc) is 2.17. The van der Waals surface area contributed by atoms with Crippen LogP contribution in [0.15, 0.2) is 30.3 Å². The molecule has 1 aromatic rings. The van der Waals surface area contributed by atoms with Gasteiger partial charge in [-0.15, -0.1) is 0 Å². The van der Waals surface area contributed by atoms with Gasteiger partial charge in [0.05, 0.1) is 0 Å². The average molecular weight is 231 g/mol. The molecule has 1 aromatic carbocycles. The normalized spacial score (nSPS) is 14.1. The van der Waals surface area contributed by atoms with E-state index in [1.165, 1.54) is 12.1 Å². The molecule has 0 fully saturated rings. The van der Waals surface area contributed by atoms with Gasteiger partial charge in [0, 0.05) is 0 Å². The van der Waals surface area contributed by atoms with Crippen LogP contribution >= 0.6 is 0 Å². The van der Waals surface area contributed by atoms with Crippen molar-refractivity contribution in [3.63, 3.8) is 0 Å². The predicted octanol–water partition coefficient (Wildman–Crippen LogP) is 3.54. The van der Waals surface area contributed by atoms with Gasteiger partial charge in [-0.05, 0) is 18.0 Å². The summed E-state index contributed by atoms with van der Waals surface area (Å²) in [5.41, 5.74) is 0.260. The van der Waals surface area contributed by atoms with Gasteiger partial charge < -0.3 is 5.32 Å². The first-order valence-electron chi connectivity index (χ1n) is 5.26. The number of rotatable bonds is 4.